The first-order chi connectivity index (χ1) is 18.5. The topological polar surface area (TPSA) is 85.0 Å². The van der Waals surface area contributed by atoms with Gasteiger partial charge in [-0.15, -0.1) is 0 Å². The van der Waals surface area contributed by atoms with Gasteiger partial charge in [-0.2, -0.15) is 10.2 Å². The van der Waals surface area contributed by atoms with Gasteiger partial charge in [-0.25, -0.2) is 4.68 Å². The maximum absolute atomic E-state index is 14.0. The minimum Gasteiger partial charge on any atom is -0.337 e. The molecule has 1 aliphatic heterocycles. The van der Waals surface area contributed by atoms with E-state index in [0.717, 1.165) is 80.7 Å². The summed E-state index contributed by atoms with van der Waals surface area (Å²) in [6, 6.07) is 10.0. The van der Waals surface area contributed by atoms with Gasteiger partial charge in [0.25, 0.3) is 11.8 Å². The van der Waals surface area contributed by atoms with E-state index in [9.17, 15) is 9.59 Å². The number of aryl methyl sites for hydroxylation is 1. The first-order valence-corrected chi connectivity index (χ1v) is 14.3. The van der Waals surface area contributed by atoms with E-state index in [1.54, 1.807) is 17.9 Å². The molecule has 1 N–H and O–H groups in total. The Morgan fingerprint density at radius 1 is 0.947 bits per heavy atom. The molecule has 0 spiro atoms. The molecule has 2 amide bonds. The standard InChI is InChI=1S/C30H36N6O2/c1-34-26(29(38)35-10-6-3-7-11-35)25(18-31-34)32-28(37)24-19-36(23-8-4-2-5-9-23)33-27(24)30-15-20-12-21(16-30)14-22(13-20)17-30/h2,4-5,8-9,18-22H,3,6-7,10-17H2,1H3,(H,32,37). The molecule has 1 saturated heterocycles. The zero-order valence-corrected chi connectivity index (χ0v) is 22.1. The summed E-state index contributed by atoms with van der Waals surface area (Å²) in [7, 11) is 1.77. The lowest BCUT2D eigenvalue weighted by Crippen LogP contribution is -2.49. The summed E-state index contributed by atoms with van der Waals surface area (Å²) < 4.78 is 3.45. The van der Waals surface area contributed by atoms with Crippen molar-refractivity contribution in [3.63, 3.8) is 0 Å². The van der Waals surface area contributed by atoms with Gasteiger partial charge in [0, 0.05) is 31.7 Å². The Bertz CT molecular complexity index is 1330. The van der Waals surface area contributed by atoms with Crippen LogP contribution in [0.5, 0.6) is 0 Å². The summed E-state index contributed by atoms with van der Waals surface area (Å²) in [6.07, 6.45) is 14.0. The highest BCUT2D eigenvalue weighted by Gasteiger charge is 2.54. The molecule has 4 bridgehead atoms. The Hall–Kier alpha value is -3.42. The molecular formula is C30H36N6O2. The van der Waals surface area contributed by atoms with Crippen molar-refractivity contribution in [1.29, 1.82) is 0 Å². The fraction of sp³-hybridized carbons (Fsp3) is 0.533. The van der Waals surface area contributed by atoms with E-state index in [0.29, 0.717) is 16.9 Å². The Kier molecular flexibility index (Phi) is 5.67. The van der Waals surface area contributed by atoms with Crippen molar-refractivity contribution in [2.24, 2.45) is 24.8 Å². The predicted molar refractivity (Wildman–Crippen MR) is 144 cm³/mol. The normalized spacial score (nSPS) is 28.0. The van der Waals surface area contributed by atoms with Gasteiger partial charge in [-0.1, -0.05) is 18.2 Å². The maximum atomic E-state index is 14.0. The SMILES string of the molecule is Cn1ncc(NC(=O)c2cn(-c3ccccc3)nc2C23CC4CC(CC(C4)C2)C3)c1C(=O)N1CCCCC1. The van der Waals surface area contributed by atoms with Crippen molar-refractivity contribution >= 4 is 17.5 Å². The number of nitrogens with zero attached hydrogens (tertiary/aromatic N) is 5. The van der Waals surface area contributed by atoms with Gasteiger partial charge < -0.3 is 10.2 Å². The van der Waals surface area contributed by atoms with Crippen molar-refractivity contribution in [3.05, 3.63) is 59.7 Å². The zero-order valence-electron chi connectivity index (χ0n) is 22.1. The number of rotatable bonds is 5. The molecule has 38 heavy (non-hydrogen) atoms. The van der Waals surface area contributed by atoms with Crippen molar-refractivity contribution < 1.29 is 9.59 Å². The number of likely N-dealkylation sites (tertiary alicyclic amines) is 1. The fourth-order valence-electron chi connectivity index (χ4n) is 8.26. The fourth-order valence-corrected chi connectivity index (χ4v) is 8.26. The van der Waals surface area contributed by atoms with E-state index in [-0.39, 0.29) is 17.2 Å². The van der Waals surface area contributed by atoms with Crippen LogP contribution in [0.4, 0.5) is 5.69 Å². The summed E-state index contributed by atoms with van der Waals surface area (Å²) in [4.78, 5) is 29.3. The Morgan fingerprint density at radius 2 is 1.61 bits per heavy atom. The third-order valence-corrected chi connectivity index (χ3v) is 9.55. The molecule has 4 aliphatic carbocycles. The number of hydrogen-bond acceptors (Lipinski definition) is 4. The van der Waals surface area contributed by atoms with Crippen LogP contribution < -0.4 is 5.32 Å². The molecule has 3 heterocycles. The molecular weight excluding hydrogens is 476 g/mol. The van der Waals surface area contributed by atoms with Crippen LogP contribution in [-0.4, -0.2) is 49.4 Å². The third-order valence-electron chi connectivity index (χ3n) is 9.55. The molecule has 0 unspecified atom stereocenters. The van der Waals surface area contributed by atoms with Crippen molar-refractivity contribution in [2.45, 2.75) is 63.2 Å². The predicted octanol–water partition coefficient (Wildman–Crippen LogP) is 4.95. The lowest BCUT2D eigenvalue weighted by molar-refractivity contribution is -0.00765. The number of carbonyl (C=O) groups excluding carboxylic acids is 2. The number of hydrogen-bond donors (Lipinski definition) is 1. The highest BCUT2D eigenvalue weighted by molar-refractivity contribution is 6.09. The molecule has 0 radical (unpaired) electrons. The van der Waals surface area contributed by atoms with Gasteiger partial charge in [0.2, 0.25) is 0 Å². The number of piperidine rings is 1. The maximum Gasteiger partial charge on any atom is 0.274 e. The number of nitrogens with one attached hydrogen (secondary N) is 1. The number of aromatic nitrogens is 4. The van der Waals surface area contributed by atoms with E-state index in [2.05, 4.69) is 10.4 Å². The molecule has 2 aromatic heterocycles. The zero-order chi connectivity index (χ0) is 25.9. The largest absolute Gasteiger partial charge is 0.337 e. The summed E-state index contributed by atoms with van der Waals surface area (Å²) >= 11 is 0. The van der Waals surface area contributed by atoms with Crippen LogP contribution in [0.2, 0.25) is 0 Å². The van der Waals surface area contributed by atoms with Gasteiger partial charge in [0.05, 0.1) is 28.8 Å². The van der Waals surface area contributed by atoms with Crippen molar-refractivity contribution in [2.75, 3.05) is 18.4 Å². The van der Waals surface area contributed by atoms with Crippen LogP contribution in [0, 0.1) is 17.8 Å². The summed E-state index contributed by atoms with van der Waals surface area (Å²) in [5.41, 5.74) is 3.37. The Labute approximate surface area is 223 Å². The lowest BCUT2D eigenvalue weighted by atomic mass is 9.48. The van der Waals surface area contributed by atoms with Gasteiger partial charge >= 0.3 is 0 Å². The second-order valence-corrected chi connectivity index (χ2v) is 12.2. The average molecular weight is 513 g/mol. The second kappa shape index (κ2) is 9.10. The first-order valence-electron chi connectivity index (χ1n) is 14.3. The van der Waals surface area contributed by atoms with Crippen LogP contribution in [0.3, 0.4) is 0 Å². The number of para-hydroxylation sites is 1. The molecule has 198 valence electrons. The Balaban J connectivity index is 1.25. The average Bonchev–Trinajstić information content (AvgIpc) is 3.53. The summed E-state index contributed by atoms with van der Waals surface area (Å²) in [5, 5.41) is 12.6. The molecule has 3 aromatic rings. The molecule has 8 rings (SSSR count). The van der Waals surface area contributed by atoms with E-state index in [1.807, 2.05) is 46.1 Å². The molecule has 4 saturated carbocycles. The van der Waals surface area contributed by atoms with Crippen molar-refractivity contribution in [1.82, 2.24) is 24.5 Å². The van der Waals surface area contributed by atoms with Gasteiger partial charge in [0.1, 0.15) is 5.69 Å². The second-order valence-electron chi connectivity index (χ2n) is 12.2. The molecule has 8 heteroatoms. The quantitative estimate of drug-likeness (QED) is 0.524. The van der Waals surface area contributed by atoms with E-state index in [4.69, 9.17) is 5.10 Å². The first kappa shape index (κ1) is 23.7. The van der Waals surface area contributed by atoms with Gasteiger partial charge in [-0.05, 0) is 87.7 Å². The van der Waals surface area contributed by atoms with Gasteiger partial charge in [-0.3, -0.25) is 14.3 Å². The Morgan fingerprint density at radius 3 is 2.26 bits per heavy atom. The minimum atomic E-state index is -0.210. The smallest absolute Gasteiger partial charge is 0.274 e. The highest BCUT2D eigenvalue weighted by Crippen LogP contribution is 2.61. The van der Waals surface area contributed by atoms with Crippen LogP contribution in [-0.2, 0) is 12.5 Å². The van der Waals surface area contributed by atoms with Crippen LogP contribution in [0.1, 0.15) is 84.3 Å². The number of carbonyl (C=O) groups is 2. The lowest BCUT2D eigenvalue weighted by Gasteiger charge is -2.56. The van der Waals surface area contributed by atoms with Gasteiger partial charge in [0.15, 0.2) is 0 Å². The van der Waals surface area contributed by atoms with E-state index < -0.39 is 0 Å². The molecule has 5 aliphatic rings. The van der Waals surface area contributed by atoms with Crippen molar-refractivity contribution in [3.8, 4) is 5.69 Å². The number of benzene rings is 1. The minimum absolute atomic E-state index is 0.0388. The summed E-state index contributed by atoms with van der Waals surface area (Å²) in [5.74, 6) is 1.95. The van der Waals surface area contributed by atoms with Crippen LogP contribution in [0.15, 0.2) is 42.7 Å². The molecule has 1 aromatic carbocycles. The number of anilines is 1. The number of amides is 2. The van der Waals surface area contributed by atoms with E-state index >= 15 is 0 Å². The third kappa shape index (κ3) is 3.96. The molecule has 5 fully saturated rings. The monoisotopic (exact) mass is 512 g/mol. The molecule has 0 atom stereocenters. The van der Waals surface area contributed by atoms with E-state index in [1.165, 1.54) is 19.3 Å². The summed E-state index contributed by atoms with van der Waals surface area (Å²) in [6.45, 7) is 1.49. The van der Waals surface area contributed by atoms with Crippen LogP contribution >= 0.6 is 0 Å². The molecule has 8 nitrogen and oxygen atoms in total. The highest BCUT2D eigenvalue weighted by atomic mass is 16.2. The van der Waals surface area contributed by atoms with Crippen LogP contribution in [0.25, 0.3) is 5.69 Å².